The molecule has 0 atom stereocenters. The highest BCUT2D eigenvalue weighted by atomic mass is 35.5. The van der Waals surface area contributed by atoms with Crippen molar-refractivity contribution in [2.24, 2.45) is 0 Å². The smallest absolute Gasteiger partial charge is 0.265 e. The van der Waals surface area contributed by atoms with Gasteiger partial charge in [0.1, 0.15) is 0 Å². The van der Waals surface area contributed by atoms with Crippen LogP contribution in [0.3, 0.4) is 0 Å². The zero-order chi connectivity index (χ0) is 12.3. The zero-order valence-corrected chi connectivity index (χ0v) is 10.7. The molecule has 1 N–H and O–H groups in total. The summed E-state index contributed by atoms with van der Waals surface area (Å²) in [6.45, 7) is 0. The lowest BCUT2D eigenvalue weighted by Gasteiger charge is -2.13. The largest absolute Gasteiger partial charge is 0.494 e. The Kier molecular flexibility index (Phi) is 4.41. The Morgan fingerprint density at radius 2 is 1.81 bits per heavy atom. The number of carbonyl (C=O) groups excluding carboxylic acids is 1. The fraction of sp³-hybridized carbons (Fsp3) is 0.300. The van der Waals surface area contributed by atoms with E-state index < -0.39 is 0 Å². The lowest BCUT2D eigenvalue weighted by Crippen LogP contribution is -2.36. The Morgan fingerprint density at radius 1 is 1.31 bits per heavy atom. The molecule has 6 heteroatoms. The molecule has 1 aromatic carbocycles. The van der Waals surface area contributed by atoms with Gasteiger partial charge < -0.3 is 4.74 Å². The molecule has 16 heavy (non-hydrogen) atoms. The molecule has 0 aliphatic rings. The normalized spacial score (nSPS) is 10.4. The van der Waals surface area contributed by atoms with Crippen LogP contribution in [0.4, 0.5) is 0 Å². The van der Waals surface area contributed by atoms with Crippen molar-refractivity contribution in [3.05, 3.63) is 27.7 Å². The maximum atomic E-state index is 11.6. The van der Waals surface area contributed by atoms with Gasteiger partial charge in [-0.25, -0.2) is 5.01 Å². The van der Waals surface area contributed by atoms with Gasteiger partial charge in [-0.2, -0.15) is 0 Å². The minimum Gasteiger partial charge on any atom is -0.494 e. The second-order valence-electron chi connectivity index (χ2n) is 3.31. The predicted molar refractivity (Wildman–Crippen MR) is 64.2 cm³/mol. The molecule has 0 aliphatic heterocycles. The van der Waals surface area contributed by atoms with E-state index in [9.17, 15) is 4.79 Å². The van der Waals surface area contributed by atoms with Crippen molar-refractivity contribution in [3.63, 3.8) is 0 Å². The fourth-order valence-electron chi connectivity index (χ4n) is 1.15. The number of hydrazine groups is 1. The van der Waals surface area contributed by atoms with Crippen molar-refractivity contribution in [1.82, 2.24) is 10.4 Å². The van der Waals surface area contributed by atoms with Crippen LogP contribution in [0.5, 0.6) is 5.75 Å². The first-order valence-corrected chi connectivity index (χ1v) is 5.22. The summed E-state index contributed by atoms with van der Waals surface area (Å²) < 4.78 is 4.99. The van der Waals surface area contributed by atoms with Gasteiger partial charge in [0.25, 0.3) is 5.91 Å². The van der Waals surface area contributed by atoms with E-state index in [1.165, 1.54) is 24.3 Å². The van der Waals surface area contributed by atoms with Crippen molar-refractivity contribution in [2.75, 3.05) is 21.2 Å². The standard InChI is InChI=1S/C10H12Cl2N2O2/c1-14(2)13-10(15)6-4-7(11)9(16-3)8(12)5-6/h4-5H,1-3H3,(H,13,15). The van der Waals surface area contributed by atoms with Crippen LogP contribution in [-0.4, -0.2) is 32.1 Å². The summed E-state index contributed by atoms with van der Waals surface area (Å²) in [5, 5.41) is 2.15. The summed E-state index contributed by atoms with van der Waals surface area (Å²) in [7, 11) is 4.89. The van der Waals surface area contributed by atoms with Gasteiger partial charge in [-0.1, -0.05) is 23.2 Å². The van der Waals surface area contributed by atoms with E-state index in [0.29, 0.717) is 21.4 Å². The molecule has 0 saturated carbocycles. The highest BCUT2D eigenvalue weighted by Crippen LogP contribution is 2.33. The maximum Gasteiger partial charge on any atom is 0.265 e. The summed E-state index contributed by atoms with van der Waals surface area (Å²) in [5.74, 6) is 0.0844. The number of rotatable bonds is 3. The van der Waals surface area contributed by atoms with E-state index in [2.05, 4.69) is 5.43 Å². The minimum absolute atomic E-state index is 0.281. The molecule has 1 aromatic rings. The number of carbonyl (C=O) groups is 1. The molecule has 1 amide bonds. The molecule has 0 aliphatic carbocycles. The highest BCUT2D eigenvalue weighted by molar-refractivity contribution is 6.37. The monoisotopic (exact) mass is 262 g/mol. The third-order valence-electron chi connectivity index (χ3n) is 1.79. The summed E-state index contributed by atoms with van der Waals surface area (Å²) >= 11 is 11.8. The number of benzene rings is 1. The number of nitrogens with zero attached hydrogens (tertiary/aromatic N) is 1. The van der Waals surface area contributed by atoms with Crippen LogP contribution >= 0.6 is 23.2 Å². The van der Waals surface area contributed by atoms with Crippen molar-refractivity contribution in [3.8, 4) is 5.75 Å². The molecule has 88 valence electrons. The molecule has 0 fully saturated rings. The van der Waals surface area contributed by atoms with E-state index in [1.54, 1.807) is 14.1 Å². The molecule has 0 radical (unpaired) electrons. The van der Waals surface area contributed by atoms with E-state index in [0.717, 1.165) is 0 Å². The first kappa shape index (κ1) is 13.1. The summed E-state index contributed by atoms with van der Waals surface area (Å²) in [6.07, 6.45) is 0. The molecule has 4 nitrogen and oxygen atoms in total. The van der Waals surface area contributed by atoms with Crippen molar-refractivity contribution >= 4 is 29.1 Å². The Bertz CT molecular complexity index is 385. The number of methoxy groups -OCH3 is 1. The molecule has 0 bridgehead atoms. The van der Waals surface area contributed by atoms with Crippen molar-refractivity contribution < 1.29 is 9.53 Å². The summed E-state index contributed by atoms with van der Waals surface area (Å²) in [4.78, 5) is 11.6. The molecule has 0 aromatic heterocycles. The van der Waals surface area contributed by atoms with E-state index in [1.807, 2.05) is 0 Å². The number of ether oxygens (including phenoxy) is 1. The van der Waals surface area contributed by atoms with Crippen LogP contribution < -0.4 is 10.2 Å². The van der Waals surface area contributed by atoms with Crippen molar-refractivity contribution in [2.45, 2.75) is 0 Å². The van der Waals surface area contributed by atoms with Gasteiger partial charge in [0.15, 0.2) is 5.75 Å². The molecule has 0 heterocycles. The summed E-state index contributed by atoms with van der Waals surface area (Å²) in [5.41, 5.74) is 2.97. The molecule has 1 rings (SSSR count). The van der Waals surface area contributed by atoms with Gasteiger partial charge in [0, 0.05) is 19.7 Å². The van der Waals surface area contributed by atoms with Gasteiger partial charge in [0.2, 0.25) is 0 Å². The minimum atomic E-state index is -0.281. The Balaban J connectivity index is 3.04. The van der Waals surface area contributed by atoms with E-state index in [4.69, 9.17) is 27.9 Å². The van der Waals surface area contributed by atoms with Crippen LogP contribution in [0.15, 0.2) is 12.1 Å². The van der Waals surface area contributed by atoms with Crippen LogP contribution in [0, 0.1) is 0 Å². The van der Waals surface area contributed by atoms with Crippen LogP contribution in [0.25, 0.3) is 0 Å². The Hall–Kier alpha value is -0.970. The van der Waals surface area contributed by atoms with Crippen LogP contribution in [-0.2, 0) is 0 Å². The Morgan fingerprint density at radius 3 is 2.19 bits per heavy atom. The zero-order valence-electron chi connectivity index (χ0n) is 9.17. The topological polar surface area (TPSA) is 41.6 Å². The van der Waals surface area contributed by atoms with Gasteiger partial charge in [-0.3, -0.25) is 10.2 Å². The van der Waals surface area contributed by atoms with Crippen LogP contribution in [0.1, 0.15) is 10.4 Å². The lowest BCUT2D eigenvalue weighted by molar-refractivity contribution is 0.0857. The summed E-state index contributed by atoms with van der Waals surface area (Å²) in [6, 6.07) is 3.01. The predicted octanol–water partition coefficient (Wildman–Crippen LogP) is 2.21. The highest BCUT2D eigenvalue weighted by Gasteiger charge is 2.13. The fourth-order valence-corrected chi connectivity index (χ4v) is 1.79. The third-order valence-corrected chi connectivity index (χ3v) is 2.35. The van der Waals surface area contributed by atoms with Crippen molar-refractivity contribution in [1.29, 1.82) is 0 Å². The van der Waals surface area contributed by atoms with E-state index in [-0.39, 0.29) is 5.91 Å². The third kappa shape index (κ3) is 3.01. The number of amides is 1. The van der Waals surface area contributed by atoms with Gasteiger partial charge >= 0.3 is 0 Å². The van der Waals surface area contributed by atoms with Gasteiger partial charge in [-0.15, -0.1) is 0 Å². The van der Waals surface area contributed by atoms with E-state index >= 15 is 0 Å². The first-order valence-electron chi connectivity index (χ1n) is 4.47. The number of halogens is 2. The SMILES string of the molecule is COc1c(Cl)cc(C(=O)NN(C)C)cc1Cl. The molecule has 0 spiro atoms. The number of hydrogen-bond donors (Lipinski definition) is 1. The second kappa shape index (κ2) is 5.39. The molecule has 0 saturated heterocycles. The average Bonchev–Trinajstić information content (AvgIpc) is 2.16. The lowest BCUT2D eigenvalue weighted by atomic mass is 10.2. The molecule has 0 unspecified atom stereocenters. The average molecular weight is 263 g/mol. The Labute approximate surface area is 104 Å². The van der Waals surface area contributed by atoms with Crippen LogP contribution in [0.2, 0.25) is 10.0 Å². The maximum absolute atomic E-state index is 11.6. The number of nitrogens with one attached hydrogen (secondary N) is 1. The second-order valence-corrected chi connectivity index (χ2v) is 4.12. The first-order chi connectivity index (χ1) is 7.45. The quantitative estimate of drug-likeness (QED) is 0.850. The van der Waals surface area contributed by atoms with Gasteiger partial charge in [0.05, 0.1) is 17.2 Å². The molecular weight excluding hydrogens is 251 g/mol. The number of hydrogen-bond acceptors (Lipinski definition) is 3. The van der Waals surface area contributed by atoms with Gasteiger partial charge in [-0.05, 0) is 12.1 Å². The molecular formula is C10H12Cl2N2O2.